The molecule has 4 heteroatoms. The molecule has 1 saturated carbocycles. The van der Waals surface area contributed by atoms with Gasteiger partial charge in [0.15, 0.2) is 0 Å². The monoisotopic (exact) mass is 356 g/mol. The van der Waals surface area contributed by atoms with Crippen LogP contribution in [0.3, 0.4) is 0 Å². The summed E-state index contributed by atoms with van der Waals surface area (Å²) in [5.74, 6) is 2.29. The van der Waals surface area contributed by atoms with Crippen molar-refractivity contribution in [2.24, 2.45) is 5.92 Å². The lowest BCUT2D eigenvalue weighted by molar-refractivity contribution is 0.167. The maximum atomic E-state index is 12.0. The zero-order valence-corrected chi connectivity index (χ0v) is 16.2. The number of carbonyl (C=O) groups is 1. The van der Waals surface area contributed by atoms with Gasteiger partial charge < -0.3 is 9.64 Å². The summed E-state index contributed by atoms with van der Waals surface area (Å²) in [5, 5.41) is 0. The molecule has 0 bridgehead atoms. The van der Waals surface area contributed by atoms with Crippen LogP contribution in [0.5, 0.6) is 5.75 Å². The van der Waals surface area contributed by atoms with Crippen LogP contribution >= 0.6 is 0 Å². The maximum absolute atomic E-state index is 12.0. The van der Waals surface area contributed by atoms with Crippen LogP contribution in [0, 0.1) is 5.92 Å². The van der Waals surface area contributed by atoms with Crippen molar-refractivity contribution in [1.82, 2.24) is 9.80 Å². The largest absolute Gasteiger partial charge is 0.414 e. The minimum absolute atomic E-state index is 0.286. The van der Waals surface area contributed by atoms with E-state index in [2.05, 4.69) is 17.0 Å². The van der Waals surface area contributed by atoms with Gasteiger partial charge in [-0.3, -0.25) is 4.90 Å². The number of nitrogens with zero attached hydrogens (tertiary/aromatic N) is 2. The van der Waals surface area contributed by atoms with Gasteiger partial charge in [0.05, 0.1) is 0 Å². The predicted molar refractivity (Wildman–Crippen MR) is 104 cm³/mol. The van der Waals surface area contributed by atoms with Gasteiger partial charge in [-0.1, -0.05) is 31.4 Å². The van der Waals surface area contributed by atoms with Crippen molar-refractivity contribution < 1.29 is 9.53 Å². The van der Waals surface area contributed by atoms with E-state index in [1.54, 1.807) is 14.1 Å². The van der Waals surface area contributed by atoms with E-state index in [1.165, 1.54) is 74.1 Å². The van der Waals surface area contributed by atoms with Gasteiger partial charge in [-0.2, -0.15) is 0 Å². The van der Waals surface area contributed by atoms with E-state index in [0.717, 1.165) is 18.1 Å². The van der Waals surface area contributed by atoms with Gasteiger partial charge in [0, 0.05) is 32.6 Å². The Morgan fingerprint density at radius 2 is 1.96 bits per heavy atom. The third-order valence-electron chi connectivity index (χ3n) is 6.70. The van der Waals surface area contributed by atoms with E-state index >= 15 is 0 Å². The Morgan fingerprint density at radius 1 is 1.15 bits per heavy atom. The summed E-state index contributed by atoms with van der Waals surface area (Å²) in [6, 6.07) is 6.96. The van der Waals surface area contributed by atoms with Gasteiger partial charge >= 0.3 is 6.09 Å². The number of amides is 1. The molecule has 3 aliphatic rings. The van der Waals surface area contributed by atoms with Crippen LogP contribution in [0.15, 0.2) is 18.2 Å². The van der Waals surface area contributed by atoms with Crippen LogP contribution in [0.2, 0.25) is 0 Å². The van der Waals surface area contributed by atoms with Gasteiger partial charge in [-0.05, 0) is 61.8 Å². The summed E-state index contributed by atoms with van der Waals surface area (Å²) >= 11 is 0. The second-order valence-corrected chi connectivity index (χ2v) is 8.59. The van der Waals surface area contributed by atoms with Crippen molar-refractivity contribution in [2.45, 2.75) is 63.3 Å². The van der Waals surface area contributed by atoms with E-state index < -0.39 is 0 Å². The van der Waals surface area contributed by atoms with Crippen LogP contribution in [-0.2, 0) is 6.42 Å². The second-order valence-electron chi connectivity index (χ2n) is 8.59. The third-order valence-corrected chi connectivity index (χ3v) is 6.70. The molecule has 0 radical (unpaired) electrons. The van der Waals surface area contributed by atoms with Crippen LogP contribution in [0.4, 0.5) is 4.79 Å². The number of carbonyl (C=O) groups excluding carboxylic acids is 1. The Bertz CT molecular complexity index is 652. The minimum atomic E-state index is -0.286. The maximum Gasteiger partial charge on any atom is 0.414 e. The van der Waals surface area contributed by atoms with Crippen molar-refractivity contribution in [3.05, 3.63) is 29.3 Å². The molecule has 26 heavy (non-hydrogen) atoms. The van der Waals surface area contributed by atoms with Crippen LogP contribution in [0.25, 0.3) is 0 Å². The Hall–Kier alpha value is -1.55. The highest BCUT2D eigenvalue weighted by atomic mass is 16.6. The van der Waals surface area contributed by atoms with Crippen molar-refractivity contribution in [2.75, 3.05) is 27.2 Å². The lowest BCUT2D eigenvalue weighted by Crippen LogP contribution is -2.38. The molecule has 2 atom stereocenters. The molecule has 1 aromatic carbocycles. The minimum Gasteiger partial charge on any atom is -0.410 e. The smallest absolute Gasteiger partial charge is 0.410 e. The van der Waals surface area contributed by atoms with Crippen molar-refractivity contribution >= 4 is 6.09 Å². The van der Waals surface area contributed by atoms with E-state index in [1.807, 2.05) is 6.07 Å². The Labute approximate surface area is 157 Å². The van der Waals surface area contributed by atoms with Gasteiger partial charge in [0.1, 0.15) is 5.75 Å². The summed E-state index contributed by atoms with van der Waals surface area (Å²) in [6.07, 6.45) is 10.3. The van der Waals surface area contributed by atoms with Gasteiger partial charge in [-0.25, -0.2) is 4.79 Å². The molecule has 142 valence electrons. The van der Waals surface area contributed by atoms with Crippen molar-refractivity contribution in [3.63, 3.8) is 0 Å². The summed E-state index contributed by atoms with van der Waals surface area (Å²) in [5.41, 5.74) is 2.69. The Balaban J connectivity index is 1.49. The van der Waals surface area contributed by atoms with E-state index in [4.69, 9.17) is 4.74 Å². The van der Waals surface area contributed by atoms with Gasteiger partial charge in [0.25, 0.3) is 0 Å². The van der Waals surface area contributed by atoms with E-state index in [0.29, 0.717) is 12.0 Å². The number of hydrogen-bond donors (Lipinski definition) is 0. The molecule has 1 aromatic rings. The molecule has 0 spiro atoms. The second kappa shape index (κ2) is 7.59. The highest BCUT2D eigenvalue weighted by Crippen LogP contribution is 2.44. The number of hydrogen-bond acceptors (Lipinski definition) is 3. The molecule has 2 aliphatic carbocycles. The SMILES string of the molecule is CN(C)C(=O)Oc1cccc2c1CC[C@H]1[C@@H]2CCN1CC1CCCCC1. The van der Waals surface area contributed by atoms with Crippen molar-refractivity contribution in [3.8, 4) is 5.75 Å². The summed E-state index contributed by atoms with van der Waals surface area (Å²) < 4.78 is 5.64. The molecule has 1 amide bonds. The average molecular weight is 357 g/mol. The zero-order chi connectivity index (χ0) is 18.1. The number of likely N-dealkylation sites (tertiary alicyclic amines) is 1. The lowest BCUT2D eigenvalue weighted by atomic mass is 9.79. The Kier molecular flexibility index (Phi) is 5.21. The standard InChI is InChI=1S/C22H32N2O2/c1-23(2)22(25)26-21-10-6-9-17-18-13-14-24(20(18)12-11-19(17)21)15-16-7-4-3-5-8-16/h6,9-10,16,18,20H,3-5,7-8,11-15H2,1-2H3/t18-,20+/m1/s1. The molecule has 0 N–H and O–H groups in total. The molecule has 4 rings (SSSR count). The number of rotatable bonds is 3. The summed E-state index contributed by atoms with van der Waals surface area (Å²) in [6.45, 7) is 2.53. The van der Waals surface area contributed by atoms with E-state index in [-0.39, 0.29) is 6.09 Å². The quantitative estimate of drug-likeness (QED) is 0.803. The van der Waals surface area contributed by atoms with Crippen molar-refractivity contribution in [1.29, 1.82) is 0 Å². The number of benzene rings is 1. The number of fused-ring (bicyclic) bond motifs is 3. The predicted octanol–water partition coefficient (Wildman–Crippen LogP) is 4.43. The lowest BCUT2D eigenvalue weighted by Gasteiger charge is -2.36. The van der Waals surface area contributed by atoms with Crippen LogP contribution in [-0.4, -0.2) is 49.1 Å². The molecule has 1 heterocycles. The first-order chi connectivity index (χ1) is 12.6. The highest BCUT2D eigenvalue weighted by Gasteiger charge is 2.40. The first kappa shape index (κ1) is 17.8. The first-order valence-corrected chi connectivity index (χ1v) is 10.4. The fraction of sp³-hybridized carbons (Fsp3) is 0.682. The van der Waals surface area contributed by atoms with E-state index in [9.17, 15) is 4.79 Å². The fourth-order valence-electron chi connectivity index (χ4n) is 5.36. The average Bonchev–Trinajstić information content (AvgIpc) is 3.06. The van der Waals surface area contributed by atoms with Gasteiger partial charge in [0.2, 0.25) is 0 Å². The molecule has 0 unspecified atom stereocenters. The summed E-state index contributed by atoms with van der Waals surface area (Å²) in [4.78, 5) is 16.3. The molecule has 1 saturated heterocycles. The topological polar surface area (TPSA) is 32.8 Å². The summed E-state index contributed by atoms with van der Waals surface area (Å²) in [7, 11) is 3.46. The molecule has 1 aliphatic heterocycles. The molecule has 4 nitrogen and oxygen atoms in total. The fourth-order valence-corrected chi connectivity index (χ4v) is 5.36. The highest BCUT2D eigenvalue weighted by molar-refractivity contribution is 5.70. The zero-order valence-electron chi connectivity index (χ0n) is 16.2. The van der Waals surface area contributed by atoms with Gasteiger partial charge in [-0.15, -0.1) is 0 Å². The normalized spacial score (nSPS) is 26.2. The van der Waals surface area contributed by atoms with Crippen LogP contribution < -0.4 is 4.74 Å². The number of ether oxygens (including phenoxy) is 1. The molecule has 0 aromatic heterocycles. The molecular weight excluding hydrogens is 324 g/mol. The Morgan fingerprint density at radius 3 is 2.73 bits per heavy atom. The van der Waals surface area contributed by atoms with Crippen LogP contribution in [0.1, 0.15) is 62.0 Å². The molecular formula is C22H32N2O2. The first-order valence-electron chi connectivity index (χ1n) is 10.4. The third kappa shape index (κ3) is 3.48. The molecule has 2 fully saturated rings.